The lowest BCUT2D eigenvalue weighted by Gasteiger charge is -2.33. The summed E-state index contributed by atoms with van der Waals surface area (Å²) in [6.07, 6.45) is 5.05. The molecule has 7 nitrogen and oxygen atoms in total. The van der Waals surface area contributed by atoms with Crippen molar-refractivity contribution >= 4 is 5.91 Å². The summed E-state index contributed by atoms with van der Waals surface area (Å²) in [6, 6.07) is 7.56. The molecule has 7 heteroatoms. The lowest BCUT2D eigenvalue weighted by Crippen LogP contribution is -2.49. The molecule has 0 spiro atoms. The van der Waals surface area contributed by atoms with Crippen molar-refractivity contribution in [1.82, 2.24) is 25.2 Å². The van der Waals surface area contributed by atoms with E-state index in [0.717, 1.165) is 43.1 Å². The van der Waals surface area contributed by atoms with Gasteiger partial charge in [-0.15, -0.1) is 5.10 Å². The Kier molecular flexibility index (Phi) is 5.65. The summed E-state index contributed by atoms with van der Waals surface area (Å²) in [7, 11) is 1.64. The molecule has 0 aliphatic carbocycles. The first-order valence-corrected chi connectivity index (χ1v) is 8.78. The van der Waals surface area contributed by atoms with Crippen molar-refractivity contribution in [3.05, 3.63) is 36.2 Å². The molecule has 1 aromatic carbocycles. The van der Waals surface area contributed by atoms with E-state index in [1.54, 1.807) is 11.8 Å². The number of nitrogens with zero attached hydrogens (tertiary/aromatic N) is 4. The van der Waals surface area contributed by atoms with Crippen LogP contribution in [-0.2, 0) is 11.3 Å². The van der Waals surface area contributed by atoms with Crippen molar-refractivity contribution in [3.8, 4) is 11.4 Å². The number of piperidine rings is 1. The average molecular weight is 343 g/mol. The standard InChI is InChI=1S/C18H25N5O2/c1-3-22-11-5-4-6-17(22)18(24)19-12-14-13-23(21-20-14)15-7-9-16(25-2)10-8-15/h7-10,13,17H,3-6,11-12H2,1-2H3,(H,19,24). The SMILES string of the molecule is CCN1CCCCC1C(=O)NCc1cn(-c2ccc(OC)cc2)nn1. The molecule has 1 fully saturated rings. The van der Waals surface area contributed by atoms with Crippen LogP contribution in [0.3, 0.4) is 0 Å². The first kappa shape index (κ1) is 17.4. The van der Waals surface area contributed by atoms with Gasteiger partial charge in [-0.3, -0.25) is 9.69 Å². The number of ether oxygens (including phenoxy) is 1. The number of rotatable bonds is 6. The molecule has 0 radical (unpaired) electrons. The molecule has 134 valence electrons. The second-order valence-corrected chi connectivity index (χ2v) is 6.21. The van der Waals surface area contributed by atoms with Crippen molar-refractivity contribution in [2.24, 2.45) is 0 Å². The third-order valence-electron chi connectivity index (χ3n) is 4.64. The molecule has 1 aliphatic rings. The molecule has 3 rings (SSSR count). The van der Waals surface area contributed by atoms with Gasteiger partial charge in [-0.1, -0.05) is 18.6 Å². The highest BCUT2D eigenvalue weighted by Gasteiger charge is 2.27. The number of benzene rings is 1. The lowest BCUT2D eigenvalue weighted by atomic mass is 10.0. The van der Waals surface area contributed by atoms with Gasteiger partial charge in [0, 0.05) is 0 Å². The minimum atomic E-state index is -0.0182. The first-order valence-electron chi connectivity index (χ1n) is 8.78. The molecule has 1 saturated heterocycles. The van der Waals surface area contributed by atoms with Gasteiger partial charge in [0.1, 0.15) is 11.4 Å². The molecule has 1 amide bonds. The number of methoxy groups -OCH3 is 1. The van der Waals surface area contributed by atoms with E-state index < -0.39 is 0 Å². The fourth-order valence-corrected chi connectivity index (χ4v) is 3.20. The highest BCUT2D eigenvalue weighted by Crippen LogP contribution is 2.17. The number of carbonyl (C=O) groups excluding carboxylic acids is 1. The highest BCUT2D eigenvalue weighted by molar-refractivity contribution is 5.81. The maximum atomic E-state index is 12.5. The molecule has 1 aromatic heterocycles. The Labute approximate surface area is 148 Å². The summed E-state index contributed by atoms with van der Waals surface area (Å²) in [5.74, 6) is 0.879. The minimum absolute atomic E-state index is 0.0182. The van der Waals surface area contributed by atoms with E-state index in [9.17, 15) is 4.79 Å². The van der Waals surface area contributed by atoms with Gasteiger partial charge in [0.2, 0.25) is 5.91 Å². The quantitative estimate of drug-likeness (QED) is 0.865. The smallest absolute Gasteiger partial charge is 0.237 e. The fraction of sp³-hybridized carbons (Fsp3) is 0.500. The van der Waals surface area contributed by atoms with E-state index in [1.165, 1.54) is 6.42 Å². The normalized spacial score (nSPS) is 18.1. The lowest BCUT2D eigenvalue weighted by molar-refractivity contribution is -0.127. The summed E-state index contributed by atoms with van der Waals surface area (Å²) >= 11 is 0. The molecule has 0 saturated carbocycles. The Morgan fingerprint density at radius 3 is 2.84 bits per heavy atom. The van der Waals surface area contributed by atoms with Crippen LogP contribution in [-0.4, -0.2) is 52.0 Å². The van der Waals surface area contributed by atoms with Crippen LogP contribution in [0, 0.1) is 0 Å². The monoisotopic (exact) mass is 343 g/mol. The van der Waals surface area contributed by atoms with Gasteiger partial charge in [0.25, 0.3) is 0 Å². The maximum absolute atomic E-state index is 12.5. The van der Waals surface area contributed by atoms with Crippen LogP contribution in [0.15, 0.2) is 30.5 Å². The maximum Gasteiger partial charge on any atom is 0.237 e. The Balaban J connectivity index is 1.58. The van der Waals surface area contributed by atoms with Crippen LogP contribution in [0.25, 0.3) is 5.69 Å². The summed E-state index contributed by atoms with van der Waals surface area (Å²) in [5.41, 5.74) is 1.64. The zero-order valence-corrected chi connectivity index (χ0v) is 14.8. The van der Waals surface area contributed by atoms with Crippen LogP contribution in [0.2, 0.25) is 0 Å². The van der Waals surface area contributed by atoms with E-state index in [4.69, 9.17) is 4.74 Å². The Morgan fingerprint density at radius 2 is 2.12 bits per heavy atom. The number of carbonyl (C=O) groups is 1. The van der Waals surface area contributed by atoms with Crippen LogP contribution < -0.4 is 10.1 Å². The molecule has 1 atom stereocenters. The number of hydrogen-bond acceptors (Lipinski definition) is 5. The molecule has 1 aliphatic heterocycles. The Bertz CT molecular complexity index is 698. The summed E-state index contributed by atoms with van der Waals surface area (Å²) in [6.45, 7) is 4.41. The summed E-state index contributed by atoms with van der Waals surface area (Å²) in [4.78, 5) is 14.7. The van der Waals surface area contributed by atoms with Gasteiger partial charge in [-0.05, 0) is 50.2 Å². The van der Waals surface area contributed by atoms with Gasteiger partial charge in [-0.2, -0.15) is 0 Å². The number of nitrogens with one attached hydrogen (secondary N) is 1. The Morgan fingerprint density at radius 1 is 1.32 bits per heavy atom. The van der Waals surface area contributed by atoms with Crippen LogP contribution >= 0.6 is 0 Å². The van der Waals surface area contributed by atoms with Crippen LogP contribution in [0.4, 0.5) is 0 Å². The molecular weight excluding hydrogens is 318 g/mol. The third-order valence-corrected chi connectivity index (χ3v) is 4.64. The Hall–Kier alpha value is -2.41. The van der Waals surface area contributed by atoms with E-state index in [1.807, 2.05) is 30.5 Å². The minimum Gasteiger partial charge on any atom is -0.497 e. The van der Waals surface area contributed by atoms with E-state index in [-0.39, 0.29) is 11.9 Å². The summed E-state index contributed by atoms with van der Waals surface area (Å²) in [5, 5.41) is 11.3. The van der Waals surface area contributed by atoms with Crippen LogP contribution in [0.1, 0.15) is 31.9 Å². The average Bonchev–Trinajstić information content (AvgIpc) is 3.15. The number of hydrogen-bond donors (Lipinski definition) is 1. The zero-order valence-electron chi connectivity index (χ0n) is 14.8. The molecular formula is C18H25N5O2. The van der Waals surface area contributed by atoms with Crippen molar-refractivity contribution in [3.63, 3.8) is 0 Å². The molecule has 25 heavy (non-hydrogen) atoms. The topological polar surface area (TPSA) is 72.3 Å². The second-order valence-electron chi connectivity index (χ2n) is 6.21. The van der Waals surface area contributed by atoms with E-state index in [2.05, 4.69) is 27.5 Å². The van der Waals surface area contributed by atoms with Crippen LogP contribution in [0.5, 0.6) is 5.75 Å². The highest BCUT2D eigenvalue weighted by atomic mass is 16.5. The summed E-state index contributed by atoms with van der Waals surface area (Å²) < 4.78 is 6.85. The van der Waals surface area contributed by atoms with Crippen molar-refractivity contribution in [2.75, 3.05) is 20.2 Å². The molecule has 2 heterocycles. The van der Waals surface area contributed by atoms with Gasteiger partial charge in [0.15, 0.2) is 0 Å². The predicted octanol–water partition coefficient (Wildman–Crippen LogP) is 1.77. The number of aromatic nitrogens is 3. The van der Waals surface area contributed by atoms with Gasteiger partial charge >= 0.3 is 0 Å². The number of likely N-dealkylation sites (tertiary alicyclic amines) is 1. The molecule has 2 aromatic rings. The first-order chi connectivity index (χ1) is 12.2. The number of amides is 1. The predicted molar refractivity (Wildman–Crippen MR) is 94.6 cm³/mol. The third kappa shape index (κ3) is 4.17. The van der Waals surface area contributed by atoms with E-state index >= 15 is 0 Å². The van der Waals surface area contributed by atoms with Gasteiger partial charge in [-0.25, -0.2) is 4.68 Å². The molecule has 0 bridgehead atoms. The fourth-order valence-electron chi connectivity index (χ4n) is 3.20. The second kappa shape index (κ2) is 8.11. The van der Waals surface area contributed by atoms with E-state index in [0.29, 0.717) is 6.54 Å². The molecule has 1 N–H and O–H groups in total. The van der Waals surface area contributed by atoms with Gasteiger partial charge in [0.05, 0.1) is 31.6 Å². The zero-order chi connectivity index (χ0) is 17.6. The molecule has 1 unspecified atom stereocenters. The number of likely N-dealkylation sites (N-methyl/N-ethyl adjacent to an activating group) is 1. The van der Waals surface area contributed by atoms with Crippen molar-refractivity contribution in [2.45, 2.75) is 38.8 Å². The van der Waals surface area contributed by atoms with Gasteiger partial charge < -0.3 is 10.1 Å². The largest absolute Gasteiger partial charge is 0.497 e. The van der Waals surface area contributed by atoms with Crippen molar-refractivity contribution in [1.29, 1.82) is 0 Å². The van der Waals surface area contributed by atoms with Crippen molar-refractivity contribution < 1.29 is 9.53 Å².